The normalized spacial score (nSPS) is 11.4. The van der Waals surface area contributed by atoms with Gasteiger partial charge in [0.05, 0.1) is 5.75 Å². The van der Waals surface area contributed by atoms with Crippen molar-refractivity contribution in [2.45, 2.75) is 41.8 Å². The summed E-state index contributed by atoms with van der Waals surface area (Å²) in [7, 11) is 0. The molecule has 3 heterocycles. The first-order valence-electron chi connectivity index (χ1n) is 8.41. The molecule has 0 aliphatic rings. The molecule has 0 unspecified atom stereocenters. The molecule has 0 amide bonds. The largest absolute Gasteiger partial charge is 0.253 e. The third kappa shape index (κ3) is 4.48. The third-order valence-corrected chi connectivity index (χ3v) is 6.98. The maximum absolute atomic E-state index is 4.52. The fourth-order valence-corrected chi connectivity index (χ4v) is 5.28. The van der Waals surface area contributed by atoms with Crippen molar-refractivity contribution in [3.05, 3.63) is 57.9 Å². The summed E-state index contributed by atoms with van der Waals surface area (Å²) in [5.41, 5.74) is 4.56. The number of fused-ring (bicyclic) bond motifs is 1. The molecule has 3 aromatic heterocycles. The molecule has 4 aromatic rings. The summed E-state index contributed by atoms with van der Waals surface area (Å²) in [6.45, 7) is 6.08. The van der Waals surface area contributed by atoms with Crippen molar-refractivity contribution in [3.63, 3.8) is 0 Å². The van der Waals surface area contributed by atoms with Crippen molar-refractivity contribution in [3.8, 4) is 0 Å². The molecular weight excluding hydrogens is 396 g/mol. The van der Waals surface area contributed by atoms with E-state index in [1.165, 1.54) is 11.1 Å². The zero-order valence-electron chi connectivity index (χ0n) is 15.2. The minimum absolute atomic E-state index is 0.640. The molecule has 0 saturated heterocycles. The Bertz CT molecular complexity index is 1090. The van der Waals surface area contributed by atoms with Gasteiger partial charge in [-0.1, -0.05) is 64.7 Å². The first-order chi connectivity index (χ1) is 13.1. The molecule has 1 aromatic carbocycles. The number of aromatic nitrogens is 6. The highest BCUT2D eigenvalue weighted by atomic mass is 32.2. The van der Waals surface area contributed by atoms with Gasteiger partial charge < -0.3 is 0 Å². The van der Waals surface area contributed by atoms with E-state index in [2.05, 4.69) is 56.5 Å². The molecule has 4 rings (SSSR count). The number of thioether (sulfide) groups is 2. The van der Waals surface area contributed by atoms with Crippen LogP contribution in [0.25, 0.3) is 5.78 Å². The lowest BCUT2D eigenvalue weighted by Crippen LogP contribution is -1.97. The first-order valence-corrected chi connectivity index (χ1v) is 11.2. The average molecular weight is 415 g/mol. The van der Waals surface area contributed by atoms with E-state index in [4.69, 9.17) is 0 Å². The summed E-state index contributed by atoms with van der Waals surface area (Å²) >= 11 is 4.91. The van der Waals surface area contributed by atoms with Crippen LogP contribution in [-0.4, -0.2) is 29.8 Å². The number of hydrogen-bond acceptors (Lipinski definition) is 8. The van der Waals surface area contributed by atoms with Gasteiger partial charge >= 0.3 is 0 Å². The standard InChI is InChI=1S/C18H18N6S3/c1-11-5-4-6-14(7-11)9-26-18-22-21-15(27-18)10-25-17-20-16-19-12(2)8-13(3)24(16)23-17/h4-8H,9-10H2,1-3H3. The molecule has 9 heteroatoms. The topological polar surface area (TPSA) is 68.9 Å². The highest BCUT2D eigenvalue weighted by Gasteiger charge is 2.11. The minimum Gasteiger partial charge on any atom is -0.216 e. The summed E-state index contributed by atoms with van der Waals surface area (Å²) in [5.74, 6) is 2.25. The van der Waals surface area contributed by atoms with Gasteiger partial charge in [-0.2, -0.15) is 4.98 Å². The number of nitrogens with zero attached hydrogens (tertiary/aromatic N) is 6. The molecule has 0 atom stereocenters. The van der Waals surface area contributed by atoms with Gasteiger partial charge in [-0.25, -0.2) is 9.50 Å². The van der Waals surface area contributed by atoms with Gasteiger partial charge in [0.25, 0.3) is 5.78 Å². The van der Waals surface area contributed by atoms with E-state index in [1.807, 2.05) is 19.9 Å². The number of hydrogen-bond donors (Lipinski definition) is 0. The van der Waals surface area contributed by atoms with Crippen molar-refractivity contribution < 1.29 is 0 Å². The summed E-state index contributed by atoms with van der Waals surface area (Å²) in [6.07, 6.45) is 0. The van der Waals surface area contributed by atoms with Gasteiger partial charge in [0.15, 0.2) is 4.34 Å². The van der Waals surface area contributed by atoms with Crippen LogP contribution in [0.15, 0.2) is 39.8 Å². The van der Waals surface area contributed by atoms with Crippen LogP contribution in [0.5, 0.6) is 0 Å². The van der Waals surface area contributed by atoms with E-state index in [9.17, 15) is 0 Å². The molecule has 0 bridgehead atoms. The molecule has 0 saturated carbocycles. The SMILES string of the molecule is Cc1cccc(CSc2nnc(CSc3nc4nc(C)cc(C)n4n3)s2)c1. The van der Waals surface area contributed by atoms with Gasteiger partial charge in [-0.3, -0.25) is 0 Å². The Labute approximate surface area is 169 Å². The van der Waals surface area contributed by atoms with Crippen LogP contribution in [0.3, 0.4) is 0 Å². The molecule has 0 N–H and O–H groups in total. The van der Waals surface area contributed by atoms with Crippen molar-refractivity contribution in [1.82, 2.24) is 29.8 Å². The maximum atomic E-state index is 4.52. The van der Waals surface area contributed by atoms with Gasteiger partial charge in [0.2, 0.25) is 5.16 Å². The molecule has 27 heavy (non-hydrogen) atoms. The second-order valence-corrected chi connectivity index (χ2v) is 9.40. The van der Waals surface area contributed by atoms with Gasteiger partial charge in [0.1, 0.15) is 5.01 Å². The Hall–Kier alpha value is -1.97. The number of aryl methyl sites for hydroxylation is 3. The Morgan fingerprint density at radius 1 is 1.00 bits per heavy atom. The quantitative estimate of drug-likeness (QED) is 0.431. The van der Waals surface area contributed by atoms with Crippen LogP contribution < -0.4 is 0 Å². The molecule has 0 aliphatic heterocycles. The van der Waals surface area contributed by atoms with Crippen LogP contribution in [0.4, 0.5) is 0 Å². The van der Waals surface area contributed by atoms with Gasteiger partial charge in [-0.15, -0.1) is 15.3 Å². The predicted octanol–water partition coefficient (Wildman–Crippen LogP) is 4.49. The van der Waals surface area contributed by atoms with Crippen LogP contribution in [0.2, 0.25) is 0 Å². The van der Waals surface area contributed by atoms with E-state index in [-0.39, 0.29) is 0 Å². The summed E-state index contributed by atoms with van der Waals surface area (Å²) in [6, 6.07) is 10.5. The molecule has 0 radical (unpaired) electrons. The molecule has 138 valence electrons. The van der Waals surface area contributed by atoms with Crippen molar-refractivity contribution >= 4 is 40.6 Å². The number of rotatable bonds is 6. The smallest absolute Gasteiger partial charge is 0.216 e. The van der Waals surface area contributed by atoms with E-state index in [0.717, 1.165) is 26.5 Å². The lowest BCUT2D eigenvalue weighted by atomic mass is 10.2. The molecular formula is C18H18N6S3. The van der Waals surface area contributed by atoms with Crippen LogP contribution >= 0.6 is 34.9 Å². The van der Waals surface area contributed by atoms with Crippen molar-refractivity contribution in [1.29, 1.82) is 0 Å². The fraction of sp³-hybridized carbons (Fsp3) is 0.278. The van der Waals surface area contributed by atoms with Crippen LogP contribution in [0, 0.1) is 20.8 Å². The summed E-state index contributed by atoms with van der Waals surface area (Å²) < 4.78 is 2.77. The van der Waals surface area contributed by atoms with E-state index in [0.29, 0.717) is 16.7 Å². The van der Waals surface area contributed by atoms with Crippen molar-refractivity contribution in [2.75, 3.05) is 0 Å². The van der Waals surface area contributed by atoms with E-state index < -0.39 is 0 Å². The zero-order valence-corrected chi connectivity index (χ0v) is 17.7. The van der Waals surface area contributed by atoms with Gasteiger partial charge in [-0.05, 0) is 32.4 Å². The maximum Gasteiger partial charge on any atom is 0.253 e. The predicted molar refractivity (Wildman–Crippen MR) is 110 cm³/mol. The second kappa shape index (κ2) is 7.95. The molecule has 0 aliphatic carbocycles. The monoisotopic (exact) mass is 414 g/mol. The average Bonchev–Trinajstić information content (AvgIpc) is 3.25. The minimum atomic E-state index is 0.640. The van der Waals surface area contributed by atoms with Crippen LogP contribution in [0.1, 0.15) is 27.5 Å². The highest BCUT2D eigenvalue weighted by molar-refractivity contribution is 8.00. The fourth-order valence-electron chi connectivity index (χ4n) is 2.64. The van der Waals surface area contributed by atoms with Crippen molar-refractivity contribution in [2.24, 2.45) is 0 Å². The second-order valence-electron chi connectivity index (χ2n) is 6.17. The Morgan fingerprint density at radius 3 is 2.74 bits per heavy atom. The zero-order chi connectivity index (χ0) is 18.8. The summed E-state index contributed by atoms with van der Waals surface area (Å²) in [4.78, 5) is 8.92. The highest BCUT2D eigenvalue weighted by Crippen LogP contribution is 2.29. The van der Waals surface area contributed by atoms with Gasteiger partial charge in [0, 0.05) is 17.1 Å². The van der Waals surface area contributed by atoms with E-state index >= 15 is 0 Å². The van der Waals surface area contributed by atoms with Crippen LogP contribution in [-0.2, 0) is 11.5 Å². The van der Waals surface area contributed by atoms with E-state index in [1.54, 1.807) is 39.4 Å². The lowest BCUT2D eigenvalue weighted by molar-refractivity contribution is 0.843. The Kier molecular flexibility index (Phi) is 5.42. The Morgan fingerprint density at radius 2 is 1.89 bits per heavy atom. The number of benzene rings is 1. The molecule has 6 nitrogen and oxygen atoms in total. The molecule has 0 spiro atoms. The first kappa shape index (κ1) is 18.4. The summed E-state index contributed by atoms with van der Waals surface area (Å²) in [5, 5.41) is 14.8. The Balaban J connectivity index is 1.37. The lowest BCUT2D eigenvalue weighted by Gasteiger charge is -1.99. The molecule has 0 fully saturated rings. The third-order valence-electron chi connectivity index (χ3n) is 3.82.